The van der Waals surface area contributed by atoms with Crippen LogP contribution in [0, 0.1) is 0 Å². The quantitative estimate of drug-likeness (QED) is 0.561. The molecule has 1 N–H and O–H groups in total. The lowest BCUT2D eigenvalue weighted by Gasteiger charge is -2.25. The van der Waals surface area contributed by atoms with Crippen molar-refractivity contribution in [3.8, 4) is 23.0 Å². The molecule has 7 heteroatoms. The van der Waals surface area contributed by atoms with Crippen LogP contribution in [-0.4, -0.2) is 25.3 Å². The SMILES string of the molecule is COc1cc([C@@H]2CC(=O)Oc3c2c(=O)oc2ccccc32)cc(OC)c1O. The van der Waals surface area contributed by atoms with E-state index in [0.717, 1.165) is 0 Å². The van der Waals surface area contributed by atoms with Crippen LogP contribution < -0.4 is 19.8 Å². The number of phenolic OH excluding ortho intramolecular Hbond substituents is 1. The molecule has 1 atom stereocenters. The van der Waals surface area contributed by atoms with Crippen LogP contribution >= 0.6 is 0 Å². The molecule has 0 unspecified atom stereocenters. The molecular formula is C20H16O7. The van der Waals surface area contributed by atoms with Crippen LogP contribution in [0.15, 0.2) is 45.6 Å². The van der Waals surface area contributed by atoms with E-state index in [1.807, 2.05) is 0 Å². The Hall–Kier alpha value is -3.48. The van der Waals surface area contributed by atoms with E-state index < -0.39 is 17.5 Å². The van der Waals surface area contributed by atoms with E-state index in [4.69, 9.17) is 18.6 Å². The molecule has 0 spiro atoms. The number of aromatic hydroxyl groups is 1. The second-order valence-corrected chi connectivity index (χ2v) is 6.13. The fourth-order valence-corrected chi connectivity index (χ4v) is 3.37. The van der Waals surface area contributed by atoms with E-state index in [1.165, 1.54) is 14.2 Å². The monoisotopic (exact) mass is 368 g/mol. The highest BCUT2D eigenvalue weighted by molar-refractivity contribution is 5.90. The summed E-state index contributed by atoms with van der Waals surface area (Å²) >= 11 is 0. The smallest absolute Gasteiger partial charge is 0.343 e. The molecule has 0 aliphatic carbocycles. The molecular weight excluding hydrogens is 352 g/mol. The third-order valence-corrected chi connectivity index (χ3v) is 4.64. The van der Waals surface area contributed by atoms with Crippen molar-refractivity contribution < 1.29 is 28.5 Å². The summed E-state index contributed by atoms with van der Waals surface area (Å²) in [7, 11) is 2.81. The van der Waals surface area contributed by atoms with Crippen LogP contribution in [0.3, 0.4) is 0 Å². The fraction of sp³-hybridized carbons (Fsp3) is 0.200. The first kappa shape index (κ1) is 17.0. The van der Waals surface area contributed by atoms with Gasteiger partial charge in [0.2, 0.25) is 5.75 Å². The molecule has 2 heterocycles. The third-order valence-electron chi connectivity index (χ3n) is 4.64. The average Bonchev–Trinajstić information content (AvgIpc) is 2.67. The number of methoxy groups -OCH3 is 2. The summed E-state index contributed by atoms with van der Waals surface area (Å²) in [5, 5.41) is 10.7. The molecule has 3 aromatic rings. The Morgan fingerprint density at radius 1 is 1.07 bits per heavy atom. The summed E-state index contributed by atoms with van der Waals surface area (Å²) in [6.45, 7) is 0. The topological polar surface area (TPSA) is 95.2 Å². The highest BCUT2D eigenvalue weighted by Gasteiger charge is 2.34. The second-order valence-electron chi connectivity index (χ2n) is 6.13. The summed E-state index contributed by atoms with van der Waals surface area (Å²) in [4.78, 5) is 24.9. The Balaban J connectivity index is 1.99. The number of hydrogen-bond acceptors (Lipinski definition) is 7. The maximum Gasteiger partial charge on any atom is 0.343 e. The van der Waals surface area contributed by atoms with Crippen LogP contribution in [0.4, 0.5) is 0 Å². The van der Waals surface area contributed by atoms with Crippen LogP contribution in [0.5, 0.6) is 23.0 Å². The summed E-state index contributed by atoms with van der Waals surface area (Å²) in [6, 6.07) is 10.0. The van der Waals surface area contributed by atoms with Crippen molar-refractivity contribution in [3.63, 3.8) is 0 Å². The number of carbonyl (C=O) groups excluding carboxylic acids is 1. The molecule has 0 saturated carbocycles. The van der Waals surface area contributed by atoms with Gasteiger partial charge in [-0.25, -0.2) is 4.79 Å². The molecule has 27 heavy (non-hydrogen) atoms. The van der Waals surface area contributed by atoms with Crippen LogP contribution in [-0.2, 0) is 4.79 Å². The number of benzene rings is 2. The molecule has 2 aromatic carbocycles. The number of para-hydroxylation sites is 1. The van der Waals surface area contributed by atoms with Crippen molar-refractivity contribution in [1.29, 1.82) is 0 Å². The molecule has 7 nitrogen and oxygen atoms in total. The molecule has 0 amide bonds. The maximum atomic E-state index is 12.7. The highest BCUT2D eigenvalue weighted by Crippen LogP contribution is 2.45. The van der Waals surface area contributed by atoms with Crippen molar-refractivity contribution in [2.45, 2.75) is 12.3 Å². The van der Waals surface area contributed by atoms with Crippen molar-refractivity contribution in [3.05, 3.63) is 57.9 Å². The number of fused-ring (bicyclic) bond motifs is 3. The van der Waals surface area contributed by atoms with Crippen LogP contribution in [0.25, 0.3) is 11.0 Å². The van der Waals surface area contributed by atoms with Gasteiger partial charge in [-0.15, -0.1) is 0 Å². The van der Waals surface area contributed by atoms with E-state index in [-0.39, 0.29) is 35.0 Å². The van der Waals surface area contributed by atoms with Crippen LogP contribution in [0.1, 0.15) is 23.5 Å². The van der Waals surface area contributed by atoms with Gasteiger partial charge in [-0.3, -0.25) is 4.79 Å². The van der Waals surface area contributed by atoms with E-state index in [0.29, 0.717) is 16.5 Å². The largest absolute Gasteiger partial charge is 0.502 e. The zero-order chi connectivity index (χ0) is 19.1. The molecule has 1 aliphatic rings. The average molecular weight is 368 g/mol. The molecule has 138 valence electrons. The van der Waals surface area contributed by atoms with Gasteiger partial charge in [-0.1, -0.05) is 12.1 Å². The third kappa shape index (κ3) is 2.68. The standard InChI is InChI=1S/C20H16O7/c1-24-14-7-10(8-15(25-2)18(14)22)12-9-16(21)27-19-11-5-3-4-6-13(11)26-20(23)17(12)19/h3-8,12,22H,9H2,1-2H3/t12-/m0/s1. The van der Waals surface area contributed by atoms with Gasteiger partial charge in [0.05, 0.1) is 31.6 Å². The Kier molecular flexibility index (Phi) is 3.99. The van der Waals surface area contributed by atoms with Crippen molar-refractivity contribution in [2.24, 2.45) is 0 Å². The molecule has 0 bridgehead atoms. The predicted molar refractivity (Wildman–Crippen MR) is 95.8 cm³/mol. The minimum Gasteiger partial charge on any atom is -0.502 e. The highest BCUT2D eigenvalue weighted by atomic mass is 16.5. The number of carbonyl (C=O) groups is 1. The molecule has 1 aromatic heterocycles. The Morgan fingerprint density at radius 2 is 1.74 bits per heavy atom. The van der Waals surface area contributed by atoms with E-state index in [9.17, 15) is 14.7 Å². The normalized spacial score (nSPS) is 15.9. The molecule has 1 aliphatic heterocycles. The number of esters is 1. The van der Waals surface area contributed by atoms with E-state index >= 15 is 0 Å². The minimum atomic E-state index is -0.620. The maximum absolute atomic E-state index is 12.7. The van der Waals surface area contributed by atoms with Crippen molar-refractivity contribution in [2.75, 3.05) is 14.2 Å². The Morgan fingerprint density at radius 3 is 2.41 bits per heavy atom. The predicted octanol–water partition coefficient (Wildman–Crippen LogP) is 2.96. The summed E-state index contributed by atoms with van der Waals surface area (Å²) < 4.78 is 21.2. The Labute approximate surface area is 153 Å². The Bertz CT molecular complexity index is 1090. The zero-order valence-electron chi connectivity index (χ0n) is 14.6. The van der Waals surface area contributed by atoms with Gasteiger partial charge in [-0.05, 0) is 29.8 Å². The first-order valence-electron chi connectivity index (χ1n) is 8.24. The van der Waals surface area contributed by atoms with Crippen molar-refractivity contribution >= 4 is 16.9 Å². The van der Waals surface area contributed by atoms with Gasteiger partial charge in [0.15, 0.2) is 17.2 Å². The van der Waals surface area contributed by atoms with Gasteiger partial charge in [0.25, 0.3) is 0 Å². The van der Waals surface area contributed by atoms with E-state index in [1.54, 1.807) is 36.4 Å². The minimum absolute atomic E-state index is 0.0484. The first-order valence-corrected chi connectivity index (χ1v) is 8.24. The fourth-order valence-electron chi connectivity index (χ4n) is 3.37. The van der Waals surface area contributed by atoms with Crippen molar-refractivity contribution in [1.82, 2.24) is 0 Å². The lowest BCUT2D eigenvalue weighted by molar-refractivity contribution is -0.135. The molecule has 4 rings (SSSR count). The second kappa shape index (κ2) is 6.35. The summed E-state index contributed by atoms with van der Waals surface area (Å²) in [5.41, 5.74) is 0.591. The summed E-state index contributed by atoms with van der Waals surface area (Å²) in [5.74, 6) is -0.688. The molecule has 0 radical (unpaired) electrons. The number of hydrogen-bond donors (Lipinski definition) is 1. The van der Waals surface area contributed by atoms with Crippen LogP contribution in [0.2, 0.25) is 0 Å². The van der Waals surface area contributed by atoms with Gasteiger partial charge < -0.3 is 23.7 Å². The number of phenols is 1. The van der Waals surface area contributed by atoms with Gasteiger partial charge in [-0.2, -0.15) is 0 Å². The van der Waals surface area contributed by atoms with Gasteiger partial charge in [0, 0.05) is 5.92 Å². The first-order chi connectivity index (χ1) is 13.0. The lowest BCUT2D eigenvalue weighted by Crippen LogP contribution is -2.26. The summed E-state index contributed by atoms with van der Waals surface area (Å²) in [6.07, 6.45) is -0.0484. The van der Waals surface area contributed by atoms with E-state index in [2.05, 4.69) is 0 Å². The molecule has 0 fully saturated rings. The molecule has 0 saturated heterocycles. The number of rotatable bonds is 3. The zero-order valence-corrected chi connectivity index (χ0v) is 14.6. The lowest BCUT2D eigenvalue weighted by atomic mass is 9.86. The number of ether oxygens (including phenoxy) is 3. The van der Waals surface area contributed by atoms with Gasteiger partial charge in [0.1, 0.15) is 5.58 Å². The van der Waals surface area contributed by atoms with Gasteiger partial charge >= 0.3 is 11.6 Å².